The second-order valence-electron chi connectivity index (χ2n) is 8.38. The zero-order valence-electron chi connectivity index (χ0n) is 18.5. The Kier molecular flexibility index (Phi) is 6.56. The van der Waals surface area contributed by atoms with Crippen molar-refractivity contribution in [3.8, 4) is 5.75 Å². The summed E-state index contributed by atoms with van der Waals surface area (Å²) in [7, 11) is 0. The topological polar surface area (TPSA) is 65.4 Å². The molecule has 1 fully saturated rings. The maximum atomic E-state index is 12.6. The van der Waals surface area contributed by atoms with Crippen molar-refractivity contribution in [1.82, 2.24) is 14.9 Å². The second-order valence-corrected chi connectivity index (χ2v) is 8.38. The predicted molar refractivity (Wildman–Crippen MR) is 121 cm³/mol. The lowest BCUT2D eigenvalue weighted by Gasteiger charge is -2.19. The summed E-state index contributed by atoms with van der Waals surface area (Å²) in [5, 5.41) is 3.08. The van der Waals surface area contributed by atoms with Crippen LogP contribution in [0.5, 0.6) is 5.75 Å². The molecule has 0 spiro atoms. The van der Waals surface area contributed by atoms with E-state index in [0.29, 0.717) is 25.7 Å². The van der Waals surface area contributed by atoms with E-state index in [0.717, 1.165) is 35.4 Å². The van der Waals surface area contributed by atoms with Crippen LogP contribution in [0.2, 0.25) is 0 Å². The van der Waals surface area contributed by atoms with Gasteiger partial charge in [-0.15, -0.1) is 0 Å². The fraction of sp³-hybridized carbons (Fsp3) is 0.440. The maximum Gasteiger partial charge on any atom is 0.249 e. The SMILES string of the molecule is CC(C)c1ccccc1OCCn1c(C(C)NC(=O)C2CCCO2)nc2ccccc21. The Morgan fingerprint density at radius 2 is 1.97 bits per heavy atom. The van der Waals surface area contributed by atoms with Crippen LogP contribution >= 0.6 is 0 Å². The van der Waals surface area contributed by atoms with Crippen LogP contribution in [0.25, 0.3) is 11.0 Å². The van der Waals surface area contributed by atoms with Gasteiger partial charge in [0, 0.05) is 6.61 Å². The van der Waals surface area contributed by atoms with Crippen molar-refractivity contribution in [3.63, 3.8) is 0 Å². The number of hydrogen-bond donors (Lipinski definition) is 1. The number of nitrogens with zero attached hydrogens (tertiary/aromatic N) is 2. The lowest BCUT2D eigenvalue weighted by atomic mass is 10.0. The van der Waals surface area contributed by atoms with Crippen molar-refractivity contribution in [3.05, 3.63) is 59.9 Å². The highest BCUT2D eigenvalue weighted by Crippen LogP contribution is 2.26. The summed E-state index contributed by atoms with van der Waals surface area (Å²) < 4.78 is 13.8. The largest absolute Gasteiger partial charge is 0.491 e. The van der Waals surface area contributed by atoms with Gasteiger partial charge in [-0.1, -0.05) is 44.2 Å². The van der Waals surface area contributed by atoms with E-state index in [1.54, 1.807) is 0 Å². The predicted octanol–water partition coefficient (Wildman–Crippen LogP) is 4.59. The average Bonchev–Trinajstić information content (AvgIpc) is 3.43. The molecule has 1 aromatic heterocycles. The van der Waals surface area contributed by atoms with Crippen molar-refractivity contribution < 1.29 is 14.3 Å². The molecule has 31 heavy (non-hydrogen) atoms. The quantitative estimate of drug-likeness (QED) is 0.578. The molecule has 3 aromatic rings. The summed E-state index contributed by atoms with van der Waals surface area (Å²) in [4.78, 5) is 17.4. The molecule has 0 bridgehead atoms. The first-order valence-electron chi connectivity index (χ1n) is 11.1. The van der Waals surface area contributed by atoms with Crippen LogP contribution in [0.4, 0.5) is 0 Å². The van der Waals surface area contributed by atoms with Gasteiger partial charge in [-0.3, -0.25) is 4.79 Å². The number of carbonyl (C=O) groups is 1. The normalized spacial score (nSPS) is 17.2. The number of amides is 1. The van der Waals surface area contributed by atoms with Crippen LogP contribution in [0.15, 0.2) is 48.5 Å². The van der Waals surface area contributed by atoms with Gasteiger partial charge in [-0.2, -0.15) is 0 Å². The van der Waals surface area contributed by atoms with Crippen LogP contribution < -0.4 is 10.1 Å². The van der Waals surface area contributed by atoms with Gasteiger partial charge >= 0.3 is 0 Å². The first-order chi connectivity index (χ1) is 15.0. The molecular formula is C25H31N3O3. The summed E-state index contributed by atoms with van der Waals surface area (Å²) in [6.45, 7) is 8.12. The van der Waals surface area contributed by atoms with Crippen molar-refractivity contribution in [2.75, 3.05) is 13.2 Å². The van der Waals surface area contributed by atoms with E-state index in [1.165, 1.54) is 5.56 Å². The molecule has 1 amide bonds. The zero-order chi connectivity index (χ0) is 21.8. The Bertz CT molecular complexity index is 1040. The van der Waals surface area contributed by atoms with E-state index in [9.17, 15) is 4.79 Å². The first-order valence-corrected chi connectivity index (χ1v) is 11.1. The molecule has 2 atom stereocenters. The molecule has 2 unspecified atom stereocenters. The summed E-state index contributed by atoms with van der Waals surface area (Å²) in [5.41, 5.74) is 3.16. The number of carbonyl (C=O) groups excluding carboxylic acids is 1. The minimum Gasteiger partial charge on any atom is -0.491 e. The smallest absolute Gasteiger partial charge is 0.249 e. The fourth-order valence-electron chi connectivity index (χ4n) is 4.15. The number of aromatic nitrogens is 2. The number of benzene rings is 2. The Labute approximate surface area is 183 Å². The van der Waals surface area contributed by atoms with Gasteiger partial charge in [-0.25, -0.2) is 4.98 Å². The van der Waals surface area contributed by atoms with Crippen molar-refractivity contribution in [2.24, 2.45) is 0 Å². The fourth-order valence-corrected chi connectivity index (χ4v) is 4.15. The van der Waals surface area contributed by atoms with Crippen LogP contribution in [0, 0.1) is 0 Å². The van der Waals surface area contributed by atoms with E-state index in [-0.39, 0.29) is 18.1 Å². The number of nitrogens with one attached hydrogen (secondary N) is 1. The van der Waals surface area contributed by atoms with Crippen LogP contribution in [-0.2, 0) is 16.1 Å². The molecule has 2 aromatic carbocycles. The van der Waals surface area contributed by atoms with Gasteiger partial charge in [0.05, 0.1) is 23.6 Å². The van der Waals surface area contributed by atoms with Crippen LogP contribution in [0.1, 0.15) is 57.0 Å². The number of fused-ring (bicyclic) bond motifs is 1. The van der Waals surface area contributed by atoms with E-state index in [4.69, 9.17) is 14.5 Å². The van der Waals surface area contributed by atoms with E-state index >= 15 is 0 Å². The molecule has 164 valence electrons. The van der Waals surface area contributed by atoms with Crippen molar-refractivity contribution in [2.45, 2.75) is 58.2 Å². The lowest BCUT2D eigenvalue weighted by molar-refractivity contribution is -0.130. The molecule has 6 heteroatoms. The number of para-hydroxylation sites is 3. The summed E-state index contributed by atoms with van der Waals surface area (Å²) >= 11 is 0. The second kappa shape index (κ2) is 9.52. The van der Waals surface area contributed by atoms with E-state index < -0.39 is 0 Å². The summed E-state index contributed by atoms with van der Waals surface area (Å²) in [5.74, 6) is 2.08. The number of rotatable bonds is 8. The van der Waals surface area contributed by atoms with Crippen molar-refractivity contribution >= 4 is 16.9 Å². The number of ether oxygens (including phenoxy) is 2. The van der Waals surface area contributed by atoms with Crippen molar-refractivity contribution in [1.29, 1.82) is 0 Å². The van der Waals surface area contributed by atoms with Gasteiger partial charge in [0.1, 0.15) is 24.3 Å². The highest BCUT2D eigenvalue weighted by Gasteiger charge is 2.26. The molecule has 0 saturated carbocycles. The number of imidazole rings is 1. The molecule has 1 aliphatic rings. The van der Waals surface area contributed by atoms with Gasteiger partial charge in [0.25, 0.3) is 0 Å². The molecule has 1 aliphatic heterocycles. The van der Waals surface area contributed by atoms with Gasteiger partial charge < -0.3 is 19.4 Å². The molecular weight excluding hydrogens is 390 g/mol. The Morgan fingerprint density at radius 1 is 1.19 bits per heavy atom. The molecule has 0 aliphatic carbocycles. The van der Waals surface area contributed by atoms with Gasteiger partial charge in [-0.05, 0) is 49.4 Å². The minimum absolute atomic E-state index is 0.0642. The third-order valence-corrected chi connectivity index (χ3v) is 5.77. The molecule has 6 nitrogen and oxygen atoms in total. The monoisotopic (exact) mass is 421 g/mol. The Balaban J connectivity index is 1.52. The third kappa shape index (κ3) is 4.74. The lowest BCUT2D eigenvalue weighted by Crippen LogP contribution is -2.36. The highest BCUT2D eigenvalue weighted by atomic mass is 16.5. The average molecular weight is 422 g/mol. The molecule has 0 radical (unpaired) electrons. The van der Waals surface area contributed by atoms with E-state index in [2.05, 4.69) is 35.9 Å². The Morgan fingerprint density at radius 3 is 2.74 bits per heavy atom. The maximum absolute atomic E-state index is 12.6. The van der Waals surface area contributed by atoms with Gasteiger partial charge in [0.2, 0.25) is 5.91 Å². The van der Waals surface area contributed by atoms with Gasteiger partial charge in [0.15, 0.2) is 0 Å². The molecule has 2 heterocycles. The highest BCUT2D eigenvalue weighted by molar-refractivity contribution is 5.81. The standard InChI is InChI=1S/C25H31N3O3/c1-17(2)19-9-4-7-12-22(19)31-16-14-28-21-11-6-5-10-20(21)27-24(28)18(3)26-25(29)23-13-8-15-30-23/h4-7,9-12,17-18,23H,8,13-16H2,1-3H3,(H,26,29). The molecule has 1 saturated heterocycles. The summed E-state index contributed by atoms with van der Waals surface area (Å²) in [6.07, 6.45) is 1.36. The number of hydrogen-bond acceptors (Lipinski definition) is 4. The third-order valence-electron chi connectivity index (χ3n) is 5.77. The molecule has 1 N–H and O–H groups in total. The van der Waals surface area contributed by atoms with Crippen LogP contribution in [0.3, 0.4) is 0 Å². The molecule has 4 rings (SSSR count). The Hall–Kier alpha value is -2.86. The van der Waals surface area contributed by atoms with E-state index in [1.807, 2.05) is 43.3 Å². The minimum atomic E-state index is -0.351. The first kappa shape index (κ1) is 21.4. The summed E-state index contributed by atoms with van der Waals surface area (Å²) in [6, 6.07) is 16.0. The van der Waals surface area contributed by atoms with Crippen LogP contribution in [-0.4, -0.2) is 34.8 Å². The zero-order valence-corrected chi connectivity index (χ0v) is 18.5.